The first kappa shape index (κ1) is 32.3. The molecule has 1 heterocycles. The number of aliphatic hydroxyl groups excluding tert-OH is 1. The summed E-state index contributed by atoms with van der Waals surface area (Å²) in [5, 5.41) is 15.2. The maximum atomic E-state index is 13.6. The van der Waals surface area contributed by atoms with Gasteiger partial charge in [-0.3, -0.25) is 9.59 Å². The molecule has 2 amide bonds. The van der Waals surface area contributed by atoms with Crippen LogP contribution in [0.5, 0.6) is 0 Å². The van der Waals surface area contributed by atoms with Crippen LogP contribution in [0.1, 0.15) is 38.5 Å². The number of halogens is 3. The van der Waals surface area contributed by atoms with Crippen molar-refractivity contribution in [3.63, 3.8) is 0 Å². The average Bonchev–Trinajstić information content (AvgIpc) is 2.86. The van der Waals surface area contributed by atoms with E-state index in [2.05, 4.69) is 36.9 Å². The maximum absolute atomic E-state index is 13.6. The summed E-state index contributed by atoms with van der Waals surface area (Å²) in [5.41, 5.74) is 2.01. The molecule has 0 aromatic carbocycles. The van der Waals surface area contributed by atoms with Crippen molar-refractivity contribution in [3.8, 4) is 0 Å². The van der Waals surface area contributed by atoms with E-state index < -0.39 is 36.7 Å². The van der Waals surface area contributed by atoms with Crippen LogP contribution >= 0.6 is 0 Å². The first-order valence-corrected chi connectivity index (χ1v) is 12.4. The molecule has 0 saturated carbocycles. The van der Waals surface area contributed by atoms with Crippen molar-refractivity contribution < 1.29 is 27.9 Å². The minimum Gasteiger partial charge on any atom is -0.508 e. The molecule has 208 valence electrons. The Kier molecular flexibility index (Phi) is 15.0. The third-order valence-electron chi connectivity index (χ3n) is 5.57. The number of carbonyl (C=O) groups is 2. The number of nitrogens with one attached hydrogen (secondary N) is 2. The SMILES string of the molecule is C=C/C(O)=C\C=C\CCC(=O)N(CC(F)F)C(/C=C1\CCCCC(=C)NC1)C(=O)NCC(=C)/C=C\C(=C)F. The lowest BCUT2D eigenvalue weighted by Crippen LogP contribution is -2.50. The quantitative estimate of drug-likeness (QED) is 0.151. The molecule has 0 aromatic heterocycles. The molecule has 1 fully saturated rings. The monoisotopic (exact) mass is 533 g/mol. The normalized spacial score (nSPS) is 16.7. The second kappa shape index (κ2) is 17.7. The fourth-order valence-corrected chi connectivity index (χ4v) is 3.55. The fourth-order valence-electron chi connectivity index (χ4n) is 3.55. The van der Waals surface area contributed by atoms with Gasteiger partial charge in [0.1, 0.15) is 17.6 Å². The molecular weight excluding hydrogens is 495 g/mol. The minimum absolute atomic E-state index is 0.0574. The highest BCUT2D eigenvalue weighted by Gasteiger charge is 2.30. The predicted octanol–water partition coefficient (Wildman–Crippen LogP) is 5.73. The van der Waals surface area contributed by atoms with E-state index in [1.54, 1.807) is 12.2 Å². The number of aliphatic hydroxyl groups is 1. The highest BCUT2D eigenvalue weighted by atomic mass is 19.3. The summed E-state index contributed by atoms with van der Waals surface area (Å²) in [6.45, 7) is 13.6. The van der Waals surface area contributed by atoms with Gasteiger partial charge in [0.25, 0.3) is 6.43 Å². The van der Waals surface area contributed by atoms with Crippen LogP contribution in [0, 0.1) is 0 Å². The minimum atomic E-state index is -2.86. The number of hydrogen-bond acceptors (Lipinski definition) is 4. The molecule has 0 aromatic rings. The number of allylic oxidation sites excluding steroid dienone is 7. The van der Waals surface area contributed by atoms with Gasteiger partial charge in [-0.15, -0.1) is 0 Å². The molecular formula is C29H38F3N3O3. The van der Waals surface area contributed by atoms with E-state index in [1.165, 1.54) is 24.3 Å². The number of alkyl halides is 2. The summed E-state index contributed by atoms with van der Waals surface area (Å²) in [7, 11) is 0. The summed E-state index contributed by atoms with van der Waals surface area (Å²) >= 11 is 0. The van der Waals surface area contributed by atoms with Gasteiger partial charge in [0.2, 0.25) is 11.8 Å². The van der Waals surface area contributed by atoms with E-state index in [4.69, 9.17) is 0 Å². The Morgan fingerprint density at radius 1 is 1.18 bits per heavy atom. The molecule has 0 radical (unpaired) electrons. The van der Waals surface area contributed by atoms with Gasteiger partial charge in [0, 0.05) is 25.2 Å². The standard InChI is InChI=1S/C29H38F3N3O3/c1-5-25(36)13-7-6-8-14-28(37)35(20-27(31)32)26(17-24-12-10-9-11-23(4)33-19-24)29(38)34-18-21(2)15-16-22(3)30/h5-7,13,15-17,26-27,33,36H,1-4,8-12,14,18-20H2,(H,34,38)/b7-6+,16-15-,24-17+,25-13+. The van der Waals surface area contributed by atoms with Crippen molar-refractivity contribution >= 4 is 11.8 Å². The van der Waals surface area contributed by atoms with Gasteiger partial charge in [-0.05, 0) is 55.9 Å². The lowest BCUT2D eigenvalue weighted by Gasteiger charge is -2.30. The summed E-state index contributed by atoms with van der Waals surface area (Å²) in [4.78, 5) is 27.2. The molecule has 1 rings (SSSR count). The second-order valence-corrected chi connectivity index (χ2v) is 8.79. The van der Waals surface area contributed by atoms with E-state index in [0.29, 0.717) is 18.5 Å². The molecule has 0 bridgehead atoms. The van der Waals surface area contributed by atoms with E-state index in [1.807, 2.05) is 0 Å². The van der Waals surface area contributed by atoms with Gasteiger partial charge in [-0.1, -0.05) is 56.2 Å². The average molecular weight is 534 g/mol. The topological polar surface area (TPSA) is 81.7 Å². The van der Waals surface area contributed by atoms with Gasteiger partial charge >= 0.3 is 0 Å². The zero-order chi connectivity index (χ0) is 28.5. The first-order valence-electron chi connectivity index (χ1n) is 12.4. The molecule has 0 aliphatic carbocycles. The van der Waals surface area contributed by atoms with Crippen LogP contribution in [0.25, 0.3) is 0 Å². The first-order chi connectivity index (χ1) is 18.0. The molecule has 3 N–H and O–H groups in total. The van der Waals surface area contributed by atoms with Crippen molar-refractivity contribution in [1.82, 2.24) is 15.5 Å². The highest BCUT2D eigenvalue weighted by molar-refractivity contribution is 5.89. The van der Waals surface area contributed by atoms with Gasteiger partial charge in [0.05, 0.1) is 6.54 Å². The van der Waals surface area contributed by atoms with Gasteiger partial charge in [0.15, 0.2) is 0 Å². The van der Waals surface area contributed by atoms with Gasteiger partial charge in [-0.2, -0.15) is 0 Å². The second-order valence-electron chi connectivity index (χ2n) is 8.79. The number of nitrogens with zero attached hydrogens (tertiary/aromatic N) is 1. The predicted molar refractivity (Wildman–Crippen MR) is 146 cm³/mol. The largest absolute Gasteiger partial charge is 0.508 e. The number of rotatable bonds is 14. The van der Waals surface area contributed by atoms with Crippen molar-refractivity contribution in [2.24, 2.45) is 0 Å². The lowest BCUT2D eigenvalue weighted by atomic mass is 10.00. The van der Waals surface area contributed by atoms with Crippen LogP contribution in [-0.4, -0.2) is 53.9 Å². The number of amides is 2. The molecule has 6 nitrogen and oxygen atoms in total. The Bertz CT molecular complexity index is 996. The number of carbonyl (C=O) groups excluding carboxylic acids is 2. The lowest BCUT2D eigenvalue weighted by molar-refractivity contribution is -0.140. The van der Waals surface area contributed by atoms with Crippen LogP contribution in [-0.2, 0) is 9.59 Å². The van der Waals surface area contributed by atoms with Crippen molar-refractivity contribution in [3.05, 3.63) is 97.3 Å². The molecule has 1 aliphatic heterocycles. The van der Waals surface area contributed by atoms with Crippen LogP contribution in [0.4, 0.5) is 13.2 Å². The molecule has 38 heavy (non-hydrogen) atoms. The highest BCUT2D eigenvalue weighted by Crippen LogP contribution is 2.19. The van der Waals surface area contributed by atoms with E-state index in [-0.39, 0.29) is 25.1 Å². The van der Waals surface area contributed by atoms with Crippen LogP contribution in [0.3, 0.4) is 0 Å². The van der Waals surface area contributed by atoms with Crippen molar-refractivity contribution in [1.29, 1.82) is 0 Å². The molecule has 1 atom stereocenters. The zero-order valence-corrected chi connectivity index (χ0v) is 21.7. The molecule has 9 heteroatoms. The van der Waals surface area contributed by atoms with Crippen LogP contribution in [0.2, 0.25) is 0 Å². The Morgan fingerprint density at radius 3 is 2.55 bits per heavy atom. The fraction of sp³-hybridized carbons (Fsp3) is 0.379. The maximum Gasteiger partial charge on any atom is 0.255 e. The van der Waals surface area contributed by atoms with E-state index in [9.17, 15) is 27.9 Å². The zero-order valence-electron chi connectivity index (χ0n) is 21.7. The Balaban J connectivity index is 3.20. The Morgan fingerprint density at radius 2 is 1.89 bits per heavy atom. The van der Waals surface area contributed by atoms with Crippen molar-refractivity contribution in [2.75, 3.05) is 19.6 Å². The molecule has 1 saturated heterocycles. The van der Waals surface area contributed by atoms with Gasteiger partial charge in [-0.25, -0.2) is 13.2 Å². The Hall–Kier alpha value is -3.75. The van der Waals surface area contributed by atoms with Crippen LogP contribution < -0.4 is 10.6 Å². The third-order valence-corrected chi connectivity index (χ3v) is 5.57. The van der Waals surface area contributed by atoms with Crippen molar-refractivity contribution in [2.45, 2.75) is 51.0 Å². The molecule has 1 aliphatic rings. The van der Waals surface area contributed by atoms with E-state index >= 15 is 0 Å². The number of hydrogen-bond donors (Lipinski definition) is 3. The molecule has 0 spiro atoms. The van der Waals surface area contributed by atoms with E-state index in [0.717, 1.165) is 41.5 Å². The Labute approximate surface area is 223 Å². The smallest absolute Gasteiger partial charge is 0.255 e. The summed E-state index contributed by atoms with van der Waals surface area (Å²) in [6.07, 6.45) is 10.1. The third kappa shape index (κ3) is 13.5. The summed E-state index contributed by atoms with van der Waals surface area (Å²) in [5.74, 6) is -2.02. The summed E-state index contributed by atoms with van der Waals surface area (Å²) < 4.78 is 40.1. The van der Waals surface area contributed by atoms with Crippen LogP contribution in [0.15, 0.2) is 97.3 Å². The van der Waals surface area contributed by atoms with Gasteiger partial charge < -0.3 is 20.6 Å². The summed E-state index contributed by atoms with van der Waals surface area (Å²) in [6, 6.07) is -1.29. The molecule has 1 unspecified atom stereocenters.